The normalized spacial score (nSPS) is 13.6. The Morgan fingerprint density at radius 1 is 0.842 bits per heavy atom. The van der Waals surface area contributed by atoms with Crippen molar-refractivity contribution in [2.75, 3.05) is 0 Å². The van der Waals surface area contributed by atoms with Crippen LogP contribution in [0.15, 0.2) is 60.7 Å². The third-order valence-electron chi connectivity index (χ3n) is 3.22. The second-order valence-corrected chi connectivity index (χ2v) is 5.02. The molecule has 0 aromatic heterocycles. The zero-order valence-corrected chi connectivity index (χ0v) is 12.1. The summed E-state index contributed by atoms with van der Waals surface area (Å²) in [6.07, 6.45) is -0.0140. The molecule has 19 heavy (non-hydrogen) atoms. The molecule has 0 radical (unpaired) electrons. The fourth-order valence-corrected chi connectivity index (χ4v) is 2.23. The van der Waals surface area contributed by atoms with Crippen molar-refractivity contribution in [1.29, 1.82) is 0 Å². The Morgan fingerprint density at radius 2 is 1.32 bits per heavy atom. The van der Waals surface area contributed by atoms with Crippen LogP contribution >= 0.6 is 12.2 Å². The minimum absolute atomic E-state index is 0.0140. The molecule has 2 aromatic carbocycles. The maximum absolute atomic E-state index is 5.88. The molecule has 98 valence electrons. The number of hydrogen-bond acceptors (Lipinski definition) is 2. The molecule has 0 aliphatic rings. The lowest BCUT2D eigenvalue weighted by molar-refractivity contribution is 0.210. The monoisotopic (exact) mass is 270 g/mol. The first-order valence-electron chi connectivity index (χ1n) is 6.49. The smallest absolute Gasteiger partial charge is 0.167 e. The lowest BCUT2D eigenvalue weighted by atomic mass is 10.0. The maximum Gasteiger partial charge on any atom is 0.167 e. The fourth-order valence-electron chi connectivity index (χ4n) is 1.95. The van der Waals surface area contributed by atoms with Crippen LogP contribution in [0.25, 0.3) is 0 Å². The first-order chi connectivity index (χ1) is 9.18. The van der Waals surface area contributed by atoms with E-state index in [0.29, 0.717) is 5.05 Å². The predicted molar refractivity (Wildman–Crippen MR) is 83.4 cm³/mol. The third-order valence-corrected chi connectivity index (χ3v) is 3.66. The molecule has 0 spiro atoms. The number of thiocarbonyl (C=S) groups is 1. The van der Waals surface area contributed by atoms with Crippen LogP contribution in [-0.4, -0.2) is 5.05 Å². The minimum Gasteiger partial charge on any atom is -0.479 e. The van der Waals surface area contributed by atoms with Gasteiger partial charge in [0.05, 0.1) is 0 Å². The molecule has 1 nitrogen and oxygen atoms in total. The van der Waals surface area contributed by atoms with Crippen molar-refractivity contribution in [3.05, 3.63) is 71.8 Å². The van der Waals surface area contributed by atoms with Gasteiger partial charge in [-0.3, -0.25) is 0 Å². The summed E-state index contributed by atoms with van der Waals surface area (Å²) in [7, 11) is 0. The zero-order chi connectivity index (χ0) is 13.7. The van der Waals surface area contributed by atoms with E-state index in [9.17, 15) is 0 Å². The highest BCUT2D eigenvalue weighted by Gasteiger charge is 2.15. The summed E-state index contributed by atoms with van der Waals surface area (Å²) in [6, 6.07) is 20.3. The molecular weight excluding hydrogens is 252 g/mol. The van der Waals surface area contributed by atoms with Crippen LogP contribution in [-0.2, 0) is 4.74 Å². The van der Waals surface area contributed by atoms with E-state index in [2.05, 4.69) is 31.2 Å². The van der Waals surface area contributed by atoms with Crippen molar-refractivity contribution >= 4 is 17.3 Å². The fraction of sp³-hybridized carbons (Fsp3) is 0.235. The largest absolute Gasteiger partial charge is 0.479 e. The number of benzene rings is 2. The van der Waals surface area contributed by atoms with Crippen molar-refractivity contribution in [3.8, 4) is 0 Å². The van der Waals surface area contributed by atoms with Crippen molar-refractivity contribution in [1.82, 2.24) is 0 Å². The second-order valence-electron chi connectivity index (χ2n) is 4.62. The highest BCUT2D eigenvalue weighted by Crippen LogP contribution is 2.23. The molecule has 0 N–H and O–H groups in total. The summed E-state index contributed by atoms with van der Waals surface area (Å²) in [5.41, 5.74) is 2.33. The van der Waals surface area contributed by atoms with Gasteiger partial charge < -0.3 is 4.74 Å². The van der Waals surface area contributed by atoms with Gasteiger partial charge in [0.2, 0.25) is 0 Å². The van der Waals surface area contributed by atoms with Crippen LogP contribution in [0.3, 0.4) is 0 Å². The highest BCUT2D eigenvalue weighted by atomic mass is 32.1. The van der Waals surface area contributed by atoms with E-state index in [1.807, 2.05) is 43.3 Å². The van der Waals surface area contributed by atoms with Crippen molar-refractivity contribution in [2.45, 2.75) is 25.9 Å². The van der Waals surface area contributed by atoms with Gasteiger partial charge >= 0.3 is 0 Å². The summed E-state index contributed by atoms with van der Waals surface area (Å²) < 4.78 is 5.88. The van der Waals surface area contributed by atoms with Gasteiger partial charge in [-0.15, -0.1) is 0 Å². The number of hydrogen-bond donors (Lipinski definition) is 0. The van der Waals surface area contributed by atoms with Gasteiger partial charge in [-0.25, -0.2) is 0 Å². The van der Waals surface area contributed by atoms with Crippen LogP contribution < -0.4 is 0 Å². The van der Waals surface area contributed by atoms with Gasteiger partial charge in [0.15, 0.2) is 5.05 Å². The Kier molecular flexibility index (Phi) is 4.69. The van der Waals surface area contributed by atoms with E-state index in [1.54, 1.807) is 0 Å². The van der Waals surface area contributed by atoms with Gasteiger partial charge in [0.1, 0.15) is 6.10 Å². The molecule has 0 saturated carbocycles. The predicted octanol–water partition coefficient (Wildman–Crippen LogP) is 4.90. The molecule has 0 saturated heterocycles. The van der Waals surface area contributed by atoms with Crippen LogP contribution in [0.5, 0.6) is 0 Å². The summed E-state index contributed by atoms with van der Waals surface area (Å²) in [4.78, 5) is 0. The van der Waals surface area contributed by atoms with Gasteiger partial charge in [-0.2, -0.15) is 0 Å². The summed E-state index contributed by atoms with van der Waals surface area (Å²) in [6.45, 7) is 4.11. The molecule has 2 aromatic rings. The molecule has 2 unspecified atom stereocenters. The number of ether oxygens (including phenoxy) is 1. The molecule has 2 atom stereocenters. The molecule has 0 amide bonds. The molecular formula is C17H18OS. The van der Waals surface area contributed by atoms with Crippen molar-refractivity contribution in [3.63, 3.8) is 0 Å². The average molecular weight is 270 g/mol. The zero-order valence-electron chi connectivity index (χ0n) is 11.2. The van der Waals surface area contributed by atoms with E-state index in [-0.39, 0.29) is 12.0 Å². The van der Waals surface area contributed by atoms with Crippen LogP contribution in [0, 0.1) is 0 Å². The minimum atomic E-state index is -0.0140. The van der Waals surface area contributed by atoms with E-state index in [4.69, 9.17) is 17.0 Å². The Balaban J connectivity index is 2.02. The molecule has 0 fully saturated rings. The maximum atomic E-state index is 5.88. The second kappa shape index (κ2) is 6.48. The molecule has 0 aliphatic heterocycles. The quantitative estimate of drug-likeness (QED) is 0.731. The van der Waals surface area contributed by atoms with Crippen molar-refractivity contribution < 1.29 is 4.74 Å². The standard InChI is InChI=1S/C17H18OS/c1-13(15-9-5-3-6-10-15)17(19)18-14(2)16-11-7-4-8-12-16/h3-14H,1-2H3. The van der Waals surface area contributed by atoms with E-state index in [0.717, 1.165) is 5.56 Å². The van der Waals surface area contributed by atoms with Gasteiger partial charge in [0, 0.05) is 5.92 Å². The van der Waals surface area contributed by atoms with Crippen molar-refractivity contribution in [2.24, 2.45) is 0 Å². The van der Waals surface area contributed by atoms with Crippen LogP contribution in [0.1, 0.15) is 37.0 Å². The summed E-state index contributed by atoms with van der Waals surface area (Å²) in [5, 5.41) is 0.641. The Hall–Kier alpha value is -1.67. The highest BCUT2D eigenvalue weighted by molar-refractivity contribution is 7.80. The summed E-state index contributed by atoms with van der Waals surface area (Å²) >= 11 is 5.41. The number of rotatable bonds is 4. The van der Waals surface area contributed by atoms with E-state index >= 15 is 0 Å². The molecule has 0 heterocycles. The first-order valence-corrected chi connectivity index (χ1v) is 6.89. The lowest BCUT2D eigenvalue weighted by Crippen LogP contribution is -2.13. The molecule has 2 heteroatoms. The summed E-state index contributed by atoms with van der Waals surface area (Å²) in [5.74, 6) is 0.127. The third kappa shape index (κ3) is 3.65. The first kappa shape index (κ1) is 13.8. The molecule has 2 rings (SSSR count). The molecule has 0 bridgehead atoms. The van der Waals surface area contributed by atoms with Gasteiger partial charge in [-0.05, 0) is 30.3 Å². The Labute approximate surface area is 120 Å². The topological polar surface area (TPSA) is 9.23 Å². The SMILES string of the molecule is CC(OC(=S)C(C)c1ccccc1)c1ccccc1. The van der Waals surface area contributed by atoms with Crippen LogP contribution in [0.4, 0.5) is 0 Å². The van der Waals surface area contributed by atoms with E-state index in [1.165, 1.54) is 5.56 Å². The van der Waals surface area contributed by atoms with Gasteiger partial charge in [-0.1, -0.05) is 67.6 Å². The Bertz CT molecular complexity index is 521. The molecule has 0 aliphatic carbocycles. The van der Waals surface area contributed by atoms with Gasteiger partial charge in [0.25, 0.3) is 0 Å². The van der Waals surface area contributed by atoms with E-state index < -0.39 is 0 Å². The van der Waals surface area contributed by atoms with Crippen LogP contribution in [0.2, 0.25) is 0 Å². The lowest BCUT2D eigenvalue weighted by Gasteiger charge is -2.20. The average Bonchev–Trinajstić information content (AvgIpc) is 2.48. The Morgan fingerprint density at radius 3 is 1.84 bits per heavy atom.